The number of rotatable bonds is 5. The van der Waals surface area contributed by atoms with Gasteiger partial charge in [0.15, 0.2) is 0 Å². The number of hydrogen-bond donors (Lipinski definition) is 3. The van der Waals surface area contributed by atoms with Crippen LogP contribution in [0.1, 0.15) is 20.8 Å². The van der Waals surface area contributed by atoms with Gasteiger partial charge in [0, 0.05) is 11.7 Å². The fourth-order valence-corrected chi connectivity index (χ4v) is 2.33. The first-order chi connectivity index (χ1) is 8.27. The number of benzene rings is 1. The van der Waals surface area contributed by atoms with Crippen LogP contribution in [0.5, 0.6) is 0 Å². The van der Waals surface area contributed by atoms with Crippen LogP contribution >= 0.6 is 0 Å². The molecule has 0 aromatic heterocycles. The van der Waals surface area contributed by atoms with E-state index in [2.05, 4.69) is 23.9 Å². The summed E-state index contributed by atoms with van der Waals surface area (Å²) in [5, 5.41) is 3.20. The second-order valence-corrected chi connectivity index (χ2v) is 6.50. The Morgan fingerprint density at radius 2 is 1.83 bits per heavy atom. The summed E-state index contributed by atoms with van der Waals surface area (Å²) in [5.74, 6) is 0.396. The van der Waals surface area contributed by atoms with Crippen LogP contribution in [0.4, 0.5) is 11.4 Å². The molecule has 1 rings (SSSR count). The molecule has 1 atom stereocenters. The van der Waals surface area contributed by atoms with Gasteiger partial charge >= 0.3 is 0 Å². The molecule has 0 spiro atoms. The molecule has 6 heteroatoms. The molecule has 0 bridgehead atoms. The minimum atomic E-state index is -3.52. The summed E-state index contributed by atoms with van der Waals surface area (Å²) in [4.78, 5) is 0.178. The van der Waals surface area contributed by atoms with Crippen molar-refractivity contribution >= 4 is 21.4 Å². The van der Waals surface area contributed by atoms with Crippen molar-refractivity contribution in [1.29, 1.82) is 0 Å². The lowest BCUT2D eigenvalue weighted by molar-refractivity contribution is 0.557. The van der Waals surface area contributed by atoms with E-state index in [1.807, 2.05) is 6.92 Å². The number of anilines is 2. The van der Waals surface area contributed by atoms with Gasteiger partial charge in [-0.1, -0.05) is 13.8 Å². The summed E-state index contributed by atoms with van der Waals surface area (Å²) in [5.41, 5.74) is 6.64. The van der Waals surface area contributed by atoms with Crippen molar-refractivity contribution in [2.45, 2.75) is 31.7 Å². The fraction of sp³-hybridized carbons (Fsp3) is 0.500. The van der Waals surface area contributed by atoms with Gasteiger partial charge in [0.25, 0.3) is 0 Å². The largest absolute Gasteiger partial charge is 0.399 e. The Bertz CT molecular complexity index is 512. The van der Waals surface area contributed by atoms with E-state index in [-0.39, 0.29) is 10.9 Å². The lowest BCUT2D eigenvalue weighted by atomic mass is 10.1. The van der Waals surface area contributed by atoms with Crippen LogP contribution in [-0.2, 0) is 10.0 Å². The predicted molar refractivity (Wildman–Crippen MR) is 75.0 cm³/mol. The number of nitrogens with one attached hydrogen (secondary N) is 2. The van der Waals surface area contributed by atoms with Crippen LogP contribution in [0.3, 0.4) is 0 Å². The highest BCUT2D eigenvalue weighted by atomic mass is 32.2. The van der Waals surface area contributed by atoms with Gasteiger partial charge in [0.05, 0.1) is 5.69 Å². The van der Waals surface area contributed by atoms with Crippen molar-refractivity contribution in [3.63, 3.8) is 0 Å². The summed E-state index contributed by atoms with van der Waals surface area (Å²) in [6.07, 6.45) is 0. The Kier molecular flexibility index (Phi) is 4.59. The van der Waals surface area contributed by atoms with Gasteiger partial charge in [-0.2, -0.15) is 0 Å². The monoisotopic (exact) mass is 271 g/mol. The SMILES string of the molecule is CNS(=O)(=O)c1cc(N)ccc1NC(C)C(C)C. The second-order valence-electron chi connectivity index (χ2n) is 4.64. The summed E-state index contributed by atoms with van der Waals surface area (Å²) in [6.45, 7) is 6.15. The third-order valence-corrected chi connectivity index (χ3v) is 4.40. The fourth-order valence-electron chi connectivity index (χ4n) is 1.40. The molecule has 18 heavy (non-hydrogen) atoms. The topological polar surface area (TPSA) is 84.2 Å². The number of nitrogens with two attached hydrogens (primary N) is 1. The van der Waals surface area contributed by atoms with Crippen molar-refractivity contribution in [3.05, 3.63) is 18.2 Å². The summed E-state index contributed by atoms with van der Waals surface area (Å²) in [7, 11) is -2.13. The molecule has 1 aromatic rings. The van der Waals surface area contributed by atoms with Gasteiger partial charge in [0.1, 0.15) is 4.90 Å². The highest BCUT2D eigenvalue weighted by Gasteiger charge is 2.18. The molecule has 0 heterocycles. The third kappa shape index (κ3) is 3.36. The first-order valence-electron chi connectivity index (χ1n) is 5.87. The molecule has 0 aliphatic rings. The highest BCUT2D eigenvalue weighted by Crippen LogP contribution is 2.25. The van der Waals surface area contributed by atoms with Crippen molar-refractivity contribution in [2.24, 2.45) is 5.92 Å². The molecule has 5 nitrogen and oxygen atoms in total. The number of sulfonamides is 1. The molecule has 0 aliphatic heterocycles. The van der Waals surface area contributed by atoms with Crippen LogP contribution in [0.2, 0.25) is 0 Å². The van der Waals surface area contributed by atoms with Crippen molar-refractivity contribution in [2.75, 3.05) is 18.1 Å². The Balaban J connectivity index is 3.20. The van der Waals surface area contributed by atoms with Crippen LogP contribution in [0, 0.1) is 5.92 Å². The zero-order valence-corrected chi connectivity index (χ0v) is 12.0. The van der Waals surface area contributed by atoms with E-state index < -0.39 is 10.0 Å². The first-order valence-corrected chi connectivity index (χ1v) is 7.36. The van der Waals surface area contributed by atoms with E-state index in [1.165, 1.54) is 13.1 Å². The maximum Gasteiger partial charge on any atom is 0.242 e. The van der Waals surface area contributed by atoms with E-state index in [4.69, 9.17) is 5.73 Å². The van der Waals surface area contributed by atoms with Gasteiger partial charge in [0.2, 0.25) is 10.0 Å². The Morgan fingerprint density at radius 1 is 1.22 bits per heavy atom. The van der Waals surface area contributed by atoms with Crippen molar-refractivity contribution in [1.82, 2.24) is 4.72 Å². The maximum atomic E-state index is 11.9. The lowest BCUT2D eigenvalue weighted by Gasteiger charge is -2.21. The quantitative estimate of drug-likeness (QED) is 0.711. The molecule has 1 unspecified atom stereocenters. The van der Waals surface area contributed by atoms with E-state index in [0.29, 0.717) is 17.3 Å². The lowest BCUT2D eigenvalue weighted by Crippen LogP contribution is -2.25. The minimum absolute atomic E-state index is 0.166. The number of nitrogen functional groups attached to an aromatic ring is 1. The molecule has 0 amide bonds. The van der Waals surface area contributed by atoms with Crippen molar-refractivity contribution < 1.29 is 8.42 Å². The molecule has 1 aromatic carbocycles. The summed E-state index contributed by atoms with van der Waals surface area (Å²) in [6, 6.07) is 5.00. The van der Waals surface area contributed by atoms with Crippen LogP contribution in [0.25, 0.3) is 0 Å². The standard InChI is InChI=1S/C12H21N3O2S/c1-8(2)9(3)15-11-6-5-10(13)7-12(11)18(16,17)14-4/h5-9,14-15H,13H2,1-4H3. The molecule has 0 aliphatic carbocycles. The summed E-state index contributed by atoms with van der Waals surface area (Å²) >= 11 is 0. The minimum Gasteiger partial charge on any atom is -0.399 e. The zero-order valence-electron chi connectivity index (χ0n) is 11.2. The first kappa shape index (κ1) is 14.8. The molecule has 4 N–H and O–H groups in total. The Morgan fingerprint density at radius 3 is 2.33 bits per heavy atom. The van der Waals surface area contributed by atoms with Gasteiger partial charge in [-0.3, -0.25) is 0 Å². The molecule has 0 saturated carbocycles. The molecule has 0 fully saturated rings. The maximum absolute atomic E-state index is 11.9. The Hall–Kier alpha value is -1.27. The average Bonchev–Trinajstić information content (AvgIpc) is 2.31. The zero-order chi connectivity index (χ0) is 13.9. The number of hydrogen-bond acceptors (Lipinski definition) is 4. The molecule has 0 radical (unpaired) electrons. The molecule has 102 valence electrons. The van der Waals surface area contributed by atoms with E-state index in [1.54, 1.807) is 12.1 Å². The Labute approximate surface area is 109 Å². The van der Waals surface area contributed by atoms with E-state index in [9.17, 15) is 8.42 Å². The summed E-state index contributed by atoms with van der Waals surface area (Å²) < 4.78 is 26.1. The smallest absolute Gasteiger partial charge is 0.242 e. The normalized spacial score (nSPS) is 13.6. The van der Waals surface area contributed by atoms with Gasteiger partial charge in [-0.15, -0.1) is 0 Å². The van der Waals surface area contributed by atoms with Gasteiger partial charge in [-0.25, -0.2) is 13.1 Å². The molecular weight excluding hydrogens is 250 g/mol. The van der Waals surface area contributed by atoms with Gasteiger partial charge < -0.3 is 11.1 Å². The second kappa shape index (κ2) is 5.58. The van der Waals surface area contributed by atoms with E-state index >= 15 is 0 Å². The van der Waals surface area contributed by atoms with Crippen LogP contribution in [-0.4, -0.2) is 21.5 Å². The van der Waals surface area contributed by atoms with Crippen molar-refractivity contribution in [3.8, 4) is 0 Å². The average molecular weight is 271 g/mol. The highest BCUT2D eigenvalue weighted by molar-refractivity contribution is 7.89. The molecule has 0 saturated heterocycles. The van der Waals surface area contributed by atoms with Gasteiger partial charge in [-0.05, 0) is 38.1 Å². The predicted octanol–water partition coefficient (Wildman–Crippen LogP) is 1.63. The third-order valence-electron chi connectivity index (χ3n) is 2.95. The van der Waals surface area contributed by atoms with E-state index in [0.717, 1.165) is 0 Å². The molecular formula is C12H21N3O2S. The van der Waals surface area contributed by atoms with Crippen LogP contribution in [0.15, 0.2) is 23.1 Å². The van der Waals surface area contributed by atoms with Crippen LogP contribution < -0.4 is 15.8 Å².